The van der Waals surface area contributed by atoms with Crippen molar-refractivity contribution in [3.63, 3.8) is 0 Å². The van der Waals surface area contributed by atoms with Gasteiger partial charge < -0.3 is 10.1 Å². The summed E-state index contributed by atoms with van der Waals surface area (Å²) in [5, 5.41) is 2.48. The summed E-state index contributed by atoms with van der Waals surface area (Å²) in [4.78, 5) is 20.7. The molecule has 0 unspecified atom stereocenters. The predicted octanol–water partition coefficient (Wildman–Crippen LogP) is -1.74. The van der Waals surface area contributed by atoms with Gasteiger partial charge in [0.15, 0.2) is 6.61 Å². The molecule has 0 aliphatic heterocycles. The molecule has 56 valence electrons. The minimum Gasteiger partial charge on any atom is -0.456 e. The first-order valence-corrected chi connectivity index (χ1v) is 3.07. The molecule has 1 N–H and O–H groups in total. The number of carbonyl (C=O) groups excluding carboxylic acids is 2. The van der Waals surface area contributed by atoms with Crippen LogP contribution in [-0.4, -0.2) is 32.8 Å². The minimum atomic E-state index is -0.439. The monoisotopic (exact) mass is 143 g/mol. The van der Waals surface area contributed by atoms with E-state index in [1.54, 1.807) is 7.85 Å². The van der Waals surface area contributed by atoms with Gasteiger partial charge in [0.05, 0.1) is 0 Å². The van der Waals surface area contributed by atoms with Crippen LogP contribution in [0.25, 0.3) is 0 Å². The SMILES string of the molecule is BCNC(=O)COC(C)=O. The Kier molecular flexibility index (Phi) is 4.36. The van der Waals surface area contributed by atoms with Gasteiger partial charge in [-0.15, -0.1) is 0 Å². The van der Waals surface area contributed by atoms with Gasteiger partial charge in [-0.3, -0.25) is 9.59 Å². The smallest absolute Gasteiger partial charge is 0.303 e. The lowest BCUT2D eigenvalue weighted by atomic mass is 10.2. The largest absolute Gasteiger partial charge is 0.456 e. The van der Waals surface area contributed by atoms with Gasteiger partial charge in [0.2, 0.25) is 0 Å². The van der Waals surface area contributed by atoms with Gasteiger partial charge in [0.1, 0.15) is 7.85 Å². The molecule has 5 heteroatoms. The van der Waals surface area contributed by atoms with Crippen LogP contribution in [0.1, 0.15) is 6.92 Å². The van der Waals surface area contributed by atoms with Crippen LogP contribution in [0.3, 0.4) is 0 Å². The summed E-state index contributed by atoms with van der Waals surface area (Å²) in [6, 6.07) is 0. The van der Waals surface area contributed by atoms with E-state index in [4.69, 9.17) is 0 Å². The number of hydrogen-bond acceptors (Lipinski definition) is 3. The summed E-state index contributed by atoms with van der Waals surface area (Å²) >= 11 is 0. The zero-order valence-electron chi connectivity index (χ0n) is 6.14. The summed E-state index contributed by atoms with van der Waals surface area (Å²) < 4.78 is 4.41. The van der Waals surface area contributed by atoms with Crippen LogP contribution in [0.2, 0.25) is 0 Å². The van der Waals surface area contributed by atoms with Gasteiger partial charge in [-0.25, -0.2) is 0 Å². The highest BCUT2D eigenvalue weighted by Crippen LogP contribution is 1.74. The van der Waals surface area contributed by atoms with Crippen LogP contribution in [0.15, 0.2) is 0 Å². The summed E-state index contributed by atoms with van der Waals surface area (Å²) in [5.74, 6) is -0.705. The lowest BCUT2D eigenvalue weighted by Crippen LogP contribution is -2.29. The molecule has 0 heterocycles. The maximum atomic E-state index is 10.6. The van der Waals surface area contributed by atoms with Crippen molar-refractivity contribution in [2.24, 2.45) is 0 Å². The molecule has 0 atom stereocenters. The lowest BCUT2D eigenvalue weighted by molar-refractivity contribution is -0.146. The Morgan fingerprint density at radius 3 is 2.60 bits per heavy atom. The van der Waals surface area contributed by atoms with E-state index in [9.17, 15) is 9.59 Å². The van der Waals surface area contributed by atoms with Gasteiger partial charge in [0.25, 0.3) is 5.91 Å². The molecule has 1 amide bonds. The third-order valence-electron chi connectivity index (χ3n) is 0.780. The zero-order valence-corrected chi connectivity index (χ0v) is 6.14. The average molecular weight is 143 g/mol. The fourth-order valence-electron chi connectivity index (χ4n) is 0.415. The molecule has 4 nitrogen and oxygen atoms in total. The number of ether oxygens (including phenoxy) is 1. The highest BCUT2D eigenvalue weighted by molar-refractivity contribution is 6.10. The molecule has 0 aliphatic carbocycles. The molecule has 0 bridgehead atoms. The van der Waals surface area contributed by atoms with Crippen molar-refractivity contribution in [2.75, 3.05) is 13.1 Å². The fraction of sp³-hybridized carbons (Fsp3) is 0.600. The van der Waals surface area contributed by atoms with Crippen LogP contribution >= 0.6 is 0 Å². The van der Waals surface area contributed by atoms with E-state index < -0.39 is 5.97 Å². The molecule has 0 aromatic carbocycles. The molecule has 0 spiro atoms. The first-order valence-electron chi connectivity index (χ1n) is 3.07. The highest BCUT2D eigenvalue weighted by atomic mass is 16.5. The Hall–Kier alpha value is -0.995. The maximum Gasteiger partial charge on any atom is 0.303 e. The zero-order chi connectivity index (χ0) is 7.98. The minimum absolute atomic E-state index is 0.177. The average Bonchev–Trinajstić information content (AvgIpc) is 1.85. The van der Waals surface area contributed by atoms with Crippen LogP contribution in [0.5, 0.6) is 0 Å². The molecule has 0 saturated carbocycles. The Morgan fingerprint density at radius 2 is 2.20 bits per heavy atom. The summed E-state index contributed by atoms with van der Waals surface area (Å²) in [6.45, 7) is 1.09. The fourth-order valence-corrected chi connectivity index (χ4v) is 0.415. The highest BCUT2D eigenvalue weighted by Gasteiger charge is 1.99. The van der Waals surface area contributed by atoms with Gasteiger partial charge in [-0.2, -0.15) is 0 Å². The molecule has 0 fully saturated rings. The van der Waals surface area contributed by atoms with Gasteiger partial charge in [-0.05, 0) is 6.44 Å². The van der Waals surface area contributed by atoms with Gasteiger partial charge in [-0.1, -0.05) is 0 Å². The van der Waals surface area contributed by atoms with Crippen molar-refractivity contribution < 1.29 is 14.3 Å². The molecule has 0 rings (SSSR count). The molecule has 10 heavy (non-hydrogen) atoms. The molecule has 0 aromatic rings. The van der Waals surface area contributed by atoms with E-state index in [0.29, 0.717) is 6.44 Å². The molecule has 0 aliphatic rings. The molecule has 0 aromatic heterocycles. The molecule has 0 saturated heterocycles. The first kappa shape index (κ1) is 9.00. The Labute approximate surface area is 60.3 Å². The van der Waals surface area contributed by atoms with Crippen LogP contribution in [0, 0.1) is 0 Å². The first-order chi connectivity index (χ1) is 4.66. The van der Waals surface area contributed by atoms with E-state index in [-0.39, 0.29) is 12.5 Å². The number of hydrogen-bond donors (Lipinski definition) is 1. The summed E-state index contributed by atoms with van der Waals surface area (Å²) in [7, 11) is 1.80. The second-order valence-electron chi connectivity index (χ2n) is 1.73. The van der Waals surface area contributed by atoms with Crippen molar-refractivity contribution >= 4 is 19.7 Å². The Bertz CT molecular complexity index is 137. The predicted molar refractivity (Wildman–Crippen MR) is 38.2 cm³/mol. The lowest BCUT2D eigenvalue weighted by Gasteiger charge is -2.00. The number of nitrogens with one attached hydrogen (secondary N) is 1. The van der Waals surface area contributed by atoms with E-state index in [1.807, 2.05) is 0 Å². The van der Waals surface area contributed by atoms with Crippen molar-refractivity contribution in [3.8, 4) is 0 Å². The number of carbonyl (C=O) groups is 2. The maximum absolute atomic E-state index is 10.6. The molecular weight excluding hydrogens is 133 g/mol. The van der Waals surface area contributed by atoms with E-state index >= 15 is 0 Å². The van der Waals surface area contributed by atoms with E-state index in [1.165, 1.54) is 6.92 Å². The van der Waals surface area contributed by atoms with E-state index in [0.717, 1.165) is 0 Å². The van der Waals surface area contributed by atoms with Crippen LogP contribution in [-0.2, 0) is 14.3 Å². The number of rotatable bonds is 3. The van der Waals surface area contributed by atoms with Gasteiger partial charge in [0, 0.05) is 6.92 Å². The summed E-state index contributed by atoms with van der Waals surface area (Å²) in [5.41, 5.74) is 0. The standard InChI is InChI=1S/C5H10BNO3/c1-4(8)10-2-5(9)7-3-6/h2-3,6H2,1H3,(H,7,9). The van der Waals surface area contributed by atoms with Crippen molar-refractivity contribution in [2.45, 2.75) is 6.92 Å². The quantitative estimate of drug-likeness (QED) is 0.376. The second kappa shape index (κ2) is 4.84. The third-order valence-corrected chi connectivity index (χ3v) is 0.780. The van der Waals surface area contributed by atoms with E-state index in [2.05, 4.69) is 10.1 Å². The second-order valence-corrected chi connectivity index (χ2v) is 1.73. The Balaban J connectivity index is 3.30. The molecular formula is C5H10BNO3. The third kappa shape index (κ3) is 5.15. The van der Waals surface area contributed by atoms with Crippen LogP contribution < -0.4 is 5.32 Å². The van der Waals surface area contributed by atoms with Crippen LogP contribution in [0.4, 0.5) is 0 Å². The van der Waals surface area contributed by atoms with Crippen molar-refractivity contribution in [1.29, 1.82) is 0 Å². The summed E-state index contributed by atoms with van der Waals surface area (Å²) in [6.07, 6.45) is 0.556. The topological polar surface area (TPSA) is 55.4 Å². The number of esters is 1. The Morgan fingerprint density at radius 1 is 1.60 bits per heavy atom. The van der Waals surface area contributed by atoms with Gasteiger partial charge >= 0.3 is 5.97 Å². The molecule has 0 radical (unpaired) electrons. The van der Waals surface area contributed by atoms with Crippen molar-refractivity contribution in [1.82, 2.24) is 5.32 Å². The normalized spacial score (nSPS) is 8.50. The van der Waals surface area contributed by atoms with Crippen molar-refractivity contribution in [3.05, 3.63) is 0 Å². The number of amides is 1.